The highest BCUT2D eigenvalue weighted by Gasteiger charge is 1.98. The van der Waals surface area contributed by atoms with E-state index in [0.29, 0.717) is 11.1 Å². The Hall–Kier alpha value is -0.860. The maximum Gasteiger partial charge on any atom is 0.119 e. The lowest BCUT2D eigenvalue weighted by molar-refractivity contribution is 0.299. The molecule has 0 aliphatic heterocycles. The molecule has 0 atom stereocenters. The second-order valence-electron chi connectivity index (χ2n) is 6.99. The first-order valence-corrected chi connectivity index (χ1v) is 11.3. The van der Waals surface area contributed by atoms with Crippen LogP contribution in [0.4, 0.5) is 0 Å². The standard InChI is InChI=1S/C23H36Cl2O2/c1-2-3-4-5-6-7-8-9-10-12-19-26-21-15-17-22(18-16-21)27-20-13-11-14-23(24)25/h14-18H,2-13,19-20H2,1H3. The van der Waals surface area contributed by atoms with Crippen molar-refractivity contribution in [2.75, 3.05) is 13.2 Å². The van der Waals surface area contributed by atoms with Gasteiger partial charge in [0.05, 0.1) is 13.2 Å². The Morgan fingerprint density at radius 2 is 1.15 bits per heavy atom. The Morgan fingerprint density at radius 1 is 0.704 bits per heavy atom. The van der Waals surface area contributed by atoms with E-state index in [9.17, 15) is 0 Å². The van der Waals surface area contributed by atoms with Gasteiger partial charge in [-0.2, -0.15) is 0 Å². The molecule has 2 nitrogen and oxygen atoms in total. The first kappa shape index (κ1) is 24.2. The smallest absolute Gasteiger partial charge is 0.119 e. The van der Waals surface area contributed by atoms with Crippen molar-refractivity contribution in [2.24, 2.45) is 0 Å². The van der Waals surface area contributed by atoms with Crippen molar-refractivity contribution in [3.8, 4) is 11.5 Å². The van der Waals surface area contributed by atoms with Gasteiger partial charge in [-0.1, -0.05) is 94.0 Å². The molecule has 0 radical (unpaired) electrons. The molecule has 0 unspecified atom stereocenters. The zero-order chi connectivity index (χ0) is 19.6. The topological polar surface area (TPSA) is 18.5 Å². The normalized spacial score (nSPS) is 10.6. The van der Waals surface area contributed by atoms with Crippen molar-refractivity contribution in [2.45, 2.75) is 84.0 Å². The van der Waals surface area contributed by atoms with E-state index in [1.165, 1.54) is 57.8 Å². The van der Waals surface area contributed by atoms with Crippen molar-refractivity contribution in [3.63, 3.8) is 0 Å². The molecular formula is C23H36Cl2O2. The fourth-order valence-corrected chi connectivity index (χ4v) is 3.11. The van der Waals surface area contributed by atoms with Gasteiger partial charge in [0, 0.05) is 0 Å². The highest BCUT2D eigenvalue weighted by molar-refractivity contribution is 6.55. The third-order valence-corrected chi connectivity index (χ3v) is 4.81. The summed E-state index contributed by atoms with van der Waals surface area (Å²) in [5.41, 5.74) is 0. The summed E-state index contributed by atoms with van der Waals surface area (Å²) in [5, 5.41) is 0. The van der Waals surface area contributed by atoms with E-state index >= 15 is 0 Å². The van der Waals surface area contributed by atoms with Crippen molar-refractivity contribution in [3.05, 3.63) is 34.8 Å². The Bertz CT molecular complexity index is 482. The second kappa shape index (κ2) is 17.3. The molecule has 0 saturated heterocycles. The van der Waals surface area contributed by atoms with E-state index in [4.69, 9.17) is 32.7 Å². The van der Waals surface area contributed by atoms with E-state index < -0.39 is 0 Å². The summed E-state index contributed by atoms with van der Waals surface area (Å²) in [4.78, 5) is 0. The first-order chi connectivity index (χ1) is 13.2. The number of halogens is 2. The van der Waals surface area contributed by atoms with E-state index in [0.717, 1.165) is 37.4 Å². The van der Waals surface area contributed by atoms with Gasteiger partial charge in [0.2, 0.25) is 0 Å². The maximum atomic E-state index is 5.81. The minimum absolute atomic E-state index is 0.318. The minimum Gasteiger partial charge on any atom is -0.494 e. The summed E-state index contributed by atoms with van der Waals surface area (Å²) < 4.78 is 11.8. The fourth-order valence-electron chi connectivity index (χ4n) is 2.90. The van der Waals surface area contributed by atoms with Crippen molar-refractivity contribution < 1.29 is 9.47 Å². The summed E-state index contributed by atoms with van der Waals surface area (Å²) in [6.07, 6.45) is 16.9. The van der Waals surface area contributed by atoms with E-state index in [-0.39, 0.29) is 0 Å². The van der Waals surface area contributed by atoms with Crippen molar-refractivity contribution in [1.29, 1.82) is 0 Å². The summed E-state index contributed by atoms with van der Waals surface area (Å²) in [6.45, 7) is 3.71. The lowest BCUT2D eigenvalue weighted by Gasteiger charge is -2.08. The van der Waals surface area contributed by atoms with Gasteiger partial charge in [-0.15, -0.1) is 0 Å². The molecule has 1 rings (SSSR count). The highest BCUT2D eigenvalue weighted by Crippen LogP contribution is 2.19. The maximum absolute atomic E-state index is 5.81. The second-order valence-corrected chi connectivity index (χ2v) is 7.99. The van der Waals surface area contributed by atoms with E-state index in [2.05, 4.69) is 6.92 Å². The fraction of sp³-hybridized carbons (Fsp3) is 0.652. The predicted molar refractivity (Wildman–Crippen MR) is 118 cm³/mol. The SMILES string of the molecule is CCCCCCCCCCCCOc1ccc(OCCCC=C(Cl)Cl)cc1. The van der Waals surface area contributed by atoms with E-state index in [1.807, 2.05) is 24.3 Å². The molecule has 154 valence electrons. The monoisotopic (exact) mass is 414 g/mol. The van der Waals surface area contributed by atoms with Gasteiger partial charge in [-0.3, -0.25) is 0 Å². The van der Waals surface area contributed by atoms with Crippen LogP contribution in [0.5, 0.6) is 11.5 Å². The Balaban J connectivity index is 1.97. The molecule has 0 fully saturated rings. The van der Waals surface area contributed by atoms with Gasteiger partial charge in [-0.25, -0.2) is 0 Å². The Kier molecular flexibility index (Phi) is 15.4. The molecule has 0 bridgehead atoms. The number of rotatable bonds is 17. The molecule has 0 spiro atoms. The number of hydrogen-bond acceptors (Lipinski definition) is 2. The molecule has 0 N–H and O–H groups in total. The predicted octanol–water partition coefficient (Wildman–Crippen LogP) is 8.46. The van der Waals surface area contributed by atoms with Crippen LogP contribution in [0.1, 0.15) is 84.0 Å². The number of allylic oxidation sites excluding steroid dienone is 1. The number of ether oxygens (including phenoxy) is 2. The molecule has 27 heavy (non-hydrogen) atoms. The van der Waals surface area contributed by atoms with Crippen LogP contribution in [0.25, 0.3) is 0 Å². The Morgan fingerprint density at radius 3 is 1.63 bits per heavy atom. The molecule has 1 aromatic rings. The Labute approximate surface area is 176 Å². The van der Waals surface area contributed by atoms with Crippen LogP contribution in [0.15, 0.2) is 34.8 Å². The van der Waals surface area contributed by atoms with E-state index in [1.54, 1.807) is 6.08 Å². The molecule has 1 aromatic carbocycles. The molecular weight excluding hydrogens is 379 g/mol. The van der Waals surface area contributed by atoms with Gasteiger partial charge in [0.1, 0.15) is 16.0 Å². The number of hydrogen-bond donors (Lipinski definition) is 0. The third kappa shape index (κ3) is 14.8. The van der Waals surface area contributed by atoms with Crippen molar-refractivity contribution in [1.82, 2.24) is 0 Å². The lowest BCUT2D eigenvalue weighted by atomic mass is 10.1. The molecule has 0 saturated carbocycles. The summed E-state index contributed by atoms with van der Waals surface area (Å²) in [6, 6.07) is 7.86. The summed E-state index contributed by atoms with van der Waals surface area (Å²) >= 11 is 11.1. The van der Waals surface area contributed by atoms with Crippen molar-refractivity contribution >= 4 is 23.2 Å². The van der Waals surface area contributed by atoms with Gasteiger partial charge in [0.25, 0.3) is 0 Å². The molecule has 0 aliphatic rings. The average Bonchev–Trinajstić information content (AvgIpc) is 2.66. The quantitative estimate of drug-likeness (QED) is 0.238. The first-order valence-electron chi connectivity index (χ1n) is 10.6. The molecule has 0 heterocycles. The van der Waals surface area contributed by atoms with Crippen LogP contribution in [-0.4, -0.2) is 13.2 Å². The summed E-state index contributed by atoms with van der Waals surface area (Å²) in [5.74, 6) is 1.78. The van der Waals surface area contributed by atoms with Gasteiger partial charge >= 0.3 is 0 Å². The zero-order valence-electron chi connectivity index (χ0n) is 16.9. The van der Waals surface area contributed by atoms with Crippen LogP contribution in [0, 0.1) is 0 Å². The molecule has 0 amide bonds. The highest BCUT2D eigenvalue weighted by atomic mass is 35.5. The van der Waals surface area contributed by atoms with Crippen LogP contribution >= 0.6 is 23.2 Å². The molecule has 4 heteroatoms. The average molecular weight is 415 g/mol. The third-order valence-electron chi connectivity index (χ3n) is 4.51. The van der Waals surface area contributed by atoms with Crippen LogP contribution in [0.3, 0.4) is 0 Å². The van der Waals surface area contributed by atoms with Gasteiger partial charge in [0.15, 0.2) is 0 Å². The number of unbranched alkanes of at least 4 members (excludes halogenated alkanes) is 10. The lowest BCUT2D eigenvalue weighted by Crippen LogP contribution is -1.99. The van der Waals surface area contributed by atoms with Crippen LogP contribution < -0.4 is 9.47 Å². The number of benzene rings is 1. The molecule has 0 aromatic heterocycles. The zero-order valence-corrected chi connectivity index (χ0v) is 18.4. The minimum atomic E-state index is 0.318. The largest absolute Gasteiger partial charge is 0.494 e. The van der Waals surface area contributed by atoms with Gasteiger partial charge < -0.3 is 9.47 Å². The van der Waals surface area contributed by atoms with Gasteiger partial charge in [-0.05, 0) is 43.5 Å². The summed E-state index contributed by atoms with van der Waals surface area (Å²) in [7, 11) is 0. The van der Waals surface area contributed by atoms with Crippen LogP contribution in [-0.2, 0) is 0 Å². The molecule has 0 aliphatic carbocycles. The van der Waals surface area contributed by atoms with Crippen LogP contribution in [0.2, 0.25) is 0 Å².